The quantitative estimate of drug-likeness (QED) is 0.114. The molecule has 3 aromatic heterocycles. The molecule has 1 aliphatic carbocycles. The number of hydrogen-bond acceptors (Lipinski definition) is 6. The van der Waals surface area contributed by atoms with Gasteiger partial charge in [-0.2, -0.15) is 0 Å². The van der Waals surface area contributed by atoms with Crippen LogP contribution >= 0.6 is 0 Å². The van der Waals surface area contributed by atoms with Crippen LogP contribution in [0, 0.1) is 0 Å². The number of furan rings is 3. The second kappa shape index (κ2) is 19.7. The first-order valence-corrected chi connectivity index (χ1v) is 30.9. The fraction of sp³-hybridized carbons (Fsp3) is 0.205. The van der Waals surface area contributed by atoms with E-state index in [4.69, 9.17) is 13.3 Å². The number of fused-ring (bicyclic) bond motifs is 14. The molecular weight excluding hydrogens is 1040 g/mol. The smallest absolute Gasteiger partial charge is 0.376 e. The van der Waals surface area contributed by atoms with Gasteiger partial charge in [-0.1, -0.05) is 158 Å². The molecule has 6 nitrogen and oxygen atoms in total. The van der Waals surface area contributed by atoms with Crippen molar-refractivity contribution < 1.29 is 13.3 Å². The minimum absolute atomic E-state index is 0.0324. The molecular formula is C78H68BN3O3. The van der Waals surface area contributed by atoms with E-state index in [0.29, 0.717) is 0 Å². The zero-order valence-electron chi connectivity index (χ0n) is 49.4. The average molecular weight is 1110 g/mol. The molecule has 0 radical (unpaired) electrons. The Morgan fingerprint density at radius 2 is 1.06 bits per heavy atom. The van der Waals surface area contributed by atoms with Crippen molar-refractivity contribution in [2.24, 2.45) is 0 Å². The Labute approximate surface area is 498 Å². The Balaban J connectivity index is 1.02. The van der Waals surface area contributed by atoms with Crippen molar-refractivity contribution in [1.29, 1.82) is 0 Å². The molecule has 16 rings (SSSR count). The summed E-state index contributed by atoms with van der Waals surface area (Å²) in [4.78, 5) is 7.48. The minimum Gasteiger partial charge on any atom is -0.466 e. The van der Waals surface area contributed by atoms with Gasteiger partial charge in [0.1, 0.15) is 28.0 Å². The average Bonchev–Trinajstić information content (AvgIpc) is 2.67. The molecule has 416 valence electrons. The Morgan fingerprint density at radius 3 is 1.81 bits per heavy atom. The van der Waals surface area contributed by atoms with Crippen molar-refractivity contribution in [2.75, 3.05) is 14.6 Å². The predicted molar refractivity (Wildman–Crippen MR) is 357 cm³/mol. The van der Waals surface area contributed by atoms with Crippen LogP contribution in [0.3, 0.4) is 0 Å². The van der Waals surface area contributed by atoms with Gasteiger partial charge >= 0.3 is 6.85 Å². The Bertz CT molecular complexity index is 4760. The second-order valence-electron chi connectivity index (χ2n) is 25.5. The third kappa shape index (κ3) is 8.13. The van der Waals surface area contributed by atoms with Gasteiger partial charge in [-0.25, -0.2) is 0 Å². The van der Waals surface area contributed by atoms with Gasteiger partial charge in [-0.05, 0) is 185 Å². The third-order valence-corrected chi connectivity index (χ3v) is 19.2. The highest BCUT2D eigenvalue weighted by Gasteiger charge is 2.51. The highest BCUT2D eigenvalue weighted by molar-refractivity contribution is 6.93. The van der Waals surface area contributed by atoms with Crippen LogP contribution in [0.1, 0.15) is 102 Å². The van der Waals surface area contributed by atoms with Gasteiger partial charge < -0.3 is 27.9 Å². The van der Waals surface area contributed by atoms with E-state index in [0.717, 1.165) is 167 Å². The zero-order chi connectivity index (χ0) is 57.3. The molecule has 2 aliphatic heterocycles. The molecule has 13 aromatic rings. The fourth-order valence-electron chi connectivity index (χ4n) is 14.6. The number of nitrogens with zero attached hydrogens (tertiary/aromatic N) is 3. The first kappa shape index (κ1) is 51.4. The van der Waals surface area contributed by atoms with Crippen molar-refractivity contribution in [1.82, 2.24) is 0 Å². The number of para-hydroxylation sites is 3. The summed E-state index contributed by atoms with van der Waals surface area (Å²) in [6.07, 6.45) is 8.87. The van der Waals surface area contributed by atoms with Crippen LogP contribution in [-0.4, -0.2) is 6.85 Å². The highest BCUT2D eigenvalue weighted by Crippen LogP contribution is 2.56. The molecule has 5 heterocycles. The monoisotopic (exact) mass is 1110 g/mol. The number of benzene rings is 10. The summed E-state index contributed by atoms with van der Waals surface area (Å²) in [5, 5.41) is 5.37. The topological polar surface area (TPSA) is 49.1 Å². The molecule has 0 amide bonds. The molecule has 3 aliphatic rings. The summed E-state index contributed by atoms with van der Waals surface area (Å²) in [5.74, 6) is 0. The summed E-state index contributed by atoms with van der Waals surface area (Å²) in [6.45, 7) is 13.8. The van der Waals surface area contributed by atoms with Crippen LogP contribution in [0.25, 0.3) is 77.1 Å². The molecule has 7 heteroatoms. The van der Waals surface area contributed by atoms with Gasteiger partial charge in [-0.3, -0.25) is 0 Å². The fourth-order valence-corrected chi connectivity index (χ4v) is 14.6. The Hall–Kier alpha value is -9.20. The summed E-state index contributed by atoms with van der Waals surface area (Å²) in [6, 6.07) is 76.4. The van der Waals surface area contributed by atoms with Crippen molar-refractivity contribution in [3.63, 3.8) is 0 Å². The van der Waals surface area contributed by atoms with E-state index in [9.17, 15) is 0 Å². The maximum atomic E-state index is 7.80. The van der Waals surface area contributed by atoms with Gasteiger partial charge in [0, 0.05) is 72.6 Å². The second-order valence-corrected chi connectivity index (χ2v) is 25.5. The molecule has 0 atom stereocenters. The number of anilines is 8. The predicted octanol–water partition coefficient (Wildman–Crippen LogP) is 21.1. The van der Waals surface area contributed by atoms with E-state index in [2.05, 4.69) is 262 Å². The SMILES string of the molecule is CCCCc1ccc(N(c2ccccc2)c2ccc3oc4cc5c(cc4c3c2)-c2cc3c(oc4ccccc43)c3c2B(c2oc4cc6c(cc4c2N3c2ccc(CCCC)cc2-c2ccccc2)C(C)(C)CCC6(C)C)N5c2ccccc2)cc1. The van der Waals surface area contributed by atoms with E-state index >= 15 is 0 Å². The molecule has 0 bridgehead atoms. The van der Waals surface area contributed by atoms with Gasteiger partial charge in [-0.15, -0.1) is 0 Å². The lowest BCUT2D eigenvalue weighted by molar-refractivity contribution is 0.332. The molecule has 0 fully saturated rings. The number of unbranched alkanes of at least 4 members (excludes halogenated alkanes) is 2. The van der Waals surface area contributed by atoms with Crippen LogP contribution in [0.2, 0.25) is 0 Å². The van der Waals surface area contributed by atoms with Crippen LogP contribution in [0.4, 0.5) is 45.5 Å². The zero-order valence-corrected chi connectivity index (χ0v) is 49.4. The lowest BCUT2D eigenvalue weighted by atomic mass is 9.45. The summed E-state index contributed by atoms with van der Waals surface area (Å²) >= 11 is 0. The minimum atomic E-state index is -0.417. The van der Waals surface area contributed by atoms with Gasteiger partial charge in [0.05, 0.1) is 17.1 Å². The molecule has 0 spiro atoms. The molecule has 0 saturated heterocycles. The third-order valence-electron chi connectivity index (χ3n) is 19.2. The highest BCUT2D eigenvalue weighted by atomic mass is 16.3. The van der Waals surface area contributed by atoms with Crippen molar-refractivity contribution in [3.05, 3.63) is 229 Å². The lowest BCUT2D eigenvalue weighted by Gasteiger charge is -2.44. The van der Waals surface area contributed by atoms with Gasteiger partial charge in [0.15, 0.2) is 5.58 Å². The van der Waals surface area contributed by atoms with Crippen LogP contribution < -0.4 is 25.7 Å². The first-order valence-electron chi connectivity index (χ1n) is 30.9. The van der Waals surface area contributed by atoms with E-state index in [1.165, 1.54) is 40.7 Å². The lowest BCUT2D eigenvalue weighted by Crippen LogP contribution is -2.61. The molecule has 0 N–H and O–H groups in total. The van der Waals surface area contributed by atoms with E-state index in [1.807, 2.05) is 0 Å². The van der Waals surface area contributed by atoms with E-state index < -0.39 is 6.85 Å². The largest absolute Gasteiger partial charge is 0.466 e. The van der Waals surface area contributed by atoms with Crippen molar-refractivity contribution in [2.45, 2.75) is 104 Å². The number of rotatable bonds is 12. The van der Waals surface area contributed by atoms with E-state index in [-0.39, 0.29) is 10.8 Å². The van der Waals surface area contributed by atoms with Gasteiger partial charge in [0.25, 0.3) is 0 Å². The number of hydrogen-bond donors (Lipinski definition) is 0. The summed E-state index contributed by atoms with van der Waals surface area (Å²) in [5.41, 5.74) is 24.8. The normalized spacial score (nSPS) is 14.8. The number of aryl methyl sites for hydroxylation is 2. The maximum Gasteiger partial charge on any atom is 0.376 e. The summed E-state index contributed by atoms with van der Waals surface area (Å²) in [7, 11) is 0. The maximum absolute atomic E-state index is 7.80. The summed E-state index contributed by atoms with van der Waals surface area (Å²) < 4.78 is 22.3. The van der Waals surface area contributed by atoms with Crippen molar-refractivity contribution >= 4 is 118 Å². The van der Waals surface area contributed by atoms with Crippen LogP contribution in [0.15, 0.2) is 220 Å². The van der Waals surface area contributed by atoms with Gasteiger partial charge in [0.2, 0.25) is 0 Å². The molecule has 85 heavy (non-hydrogen) atoms. The van der Waals surface area contributed by atoms with Crippen molar-refractivity contribution in [3.8, 4) is 22.3 Å². The molecule has 0 unspecified atom stereocenters. The molecule has 0 saturated carbocycles. The first-order chi connectivity index (χ1) is 41.5. The Morgan fingerprint density at radius 1 is 0.447 bits per heavy atom. The Kier molecular flexibility index (Phi) is 11.9. The molecule has 10 aromatic carbocycles. The van der Waals surface area contributed by atoms with Crippen LogP contribution in [0.5, 0.6) is 0 Å². The van der Waals surface area contributed by atoms with Crippen LogP contribution in [-0.2, 0) is 23.7 Å². The van der Waals surface area contributed by atoms with E-state index in [1.54, 1.807) is 0 Å². The standard InChI is InChI=1S/C78H68BN3O3/c1-7-9-22-49-32-35-53(36-33-49)80(52-26-16-12-17-27-52)55-37-39-69-59(43-55)60-44-58-61-45-62-56-30-20-21-31-68(56)84-75(62)74-72(61)79(82(54-28-18-13-19-29-54)67(58)48-71(60)83-69)76-73(63-46-64-65(47-70(63)85-76)78(5,6)41-40-77(64,3)4)81(74)66-38-34-50(23-10-8-2)42-57(66)51-24-14-11-15-25-51/h11-21,24-39,42-48H,7-10,22-23,40-41H2,1-6H3.